The highest BCUT2D eigenvalue weighted by atomic mass is 19.2. The standard InChI is InChI=1S/C18H16F2N2O2/c19-13-5-3-4-12(17(13)20)11-22-14-6-9-24-16(14)10-15(22)18(23)21-7-1-2-8-21/h3-6,9-10H,1-2,7-8,11H2. The van der Waals surface area contributed by atoms with Gasteiger partial charge in [-0.2, -0.15) is 0 Å². The second-order valence-electron chi connectivity index (χ2n) is 6.00. The summed E-state index contributed by atoms with van der Waals surface area (Å²) in [5, 5.41) is 0. The Morgan fingerprint density at radius 2 is 1.96 bits per heavy atom. The molecule has 2 aromatic heterocycles. The lowest BCUT2D eigenvalue weighted by molar-refractivity contribution is 0.0783. The topological polar surface area (TPSA) is 38.4 Å². The van der Waals surface area contributed by atoms with E-state index < -0.39 is 11.6 Å². The normalized spacial score (nSPS) is 14.7. The predicted octanol–water partition coefficient (Wildman–Crippen LogP) is 3.80. The molecule has 0 spiro atoms. The number of likely N-dealkylation sites (tertiary alicyclic amines) is 1. The summed E-state index contributed by atoms with van der Waals surface area (Å²) < 4.78 is 34.6. The second kappa shape index (κ2) is 5.78. The van der Waals surface area contributed by atoms with Crippen molar-refractivity contribution >= 4 is 17.0 Å². The summed E-state index contributed by atoms with van der Waals surface area (Å²) in [6, 6.07) is 7.47. The molecule has 4 rings (SSSR count). The second-order valence-corrected chi connectivity index (χ2v) is 6.00. The van der Waals surface area contributed by atoms with Crippen LogP contribution in [-0.2, 0) is 6.54 Å². The van der Waals surface area contributed by atoms with Crippen LogP contribution in [0.1, 0.15) is 28.9 Å². The largest absolute Gasteiger partial charge is 0.463 e. The fraction of sp³-hybridized carbons (Fsp3) is 0.278. The van der Waals surface area contributed by atoms with Gasteiger partial charge in [-0.1, -0.05) is 12.1 Å². The van der Waals surface area contributed by atoms with Gasteiger partial charge in [0, 0.05) is 30.8 Å². The fourth-order valence-electron chi connectivity index (χ4n) is 3.25. The van der Waals surface area contributed by atoms with Gasteiger partial charge in [0.2, 0.25) is 0 Å². The Morgan fingerprint density at radius 3 is 2.75 bits per heavy atom. The van der Waals surface area contributed by atoms with E-state index in [-0.39, 0.29) is 18.0 Å². The van der Waals surface area contributed by atoms with Gasteiger partial charge in [0.05, 0.1) is 18.3 Å². The molecule has 0 radical (unpaired) electrons. The Hall–Kier alpha value is -2.63. The number of hydrogen-bond acceptors (Lipinski definition) is 2. The third kappa shape index (κ3) is 2.38. The van der Waals surface area contributed by atoms with Crippen molar-refractivity contribution in [1.29, 1.82) is 0 Å². The van der Waals surface area contributed by atoms with E-state index in [4.69, 9.17) is 4.42 Å². The van der Waals surface area contributed by atoms with Gasteiger partial charge in [0.15, 0.2) is 17.2 Å². The van der Waals surface area contributed by atoms with Gasteiger partial charge in [-0.3, -0.25) is 4.79 Å². The molecular formula is C18H16F2N2O2. The number of fused-ring (bicyclic) bond motifs is 1. The minimum Gasteiger partial charge on any atom is -0.463 e. The van der Waals surface area contributed by atoms with E-state index in [9.17, 15) is 13.6 Å². The maximum atomic E-state index is 14.0. The first kappa shape index (κ1) is 14.9. The highest BCUT2D eigenvalue weighted by Gasteiger charge is 2.25. The number of aromatic nitrogens is 1. The Kier molecular flexibility index (Phi) is 3.59. The lowest BCUT2D eigenvalue weighted by Crippen LogP contribution is -2.29. The Bertz CT molecular complexity index is 907. The van der Waals surface area contributed by atoms with Gasteiger partial charge in [-0.25, -0.2) is 8.78 Å². The first-order valence-corrected chi connectivity index (χ1v) is 7.94. The lowest BCUT2D eigenvalue weighted by Gasteiger charge is -2.17. The van der Waals surface area contributed by atoms with E-state index in [1.807, 2.05) is 0 Å². The molecule has 1 aromatic carbocycles. The number of carbonyl (C=O) groups excluding carboxylic acids is 1. The average Bonchev–Trinajstić information content (AvgIpc) is 3.29. The minimum absolute atomic E-state index is 0.0710. The van der Waals surface area contributed by atoms with Gasteiger partial charge in [0.1, 0.15) is 5.69 Å². The summed E-state index contributed by atoms with van der Waals surface area (Å²) in [6.45, 7) is 1.51. The zero-order valence-electron chi connectivity index (χ0n) is 13.0. The fourth-order valence-corrected chi connectivity index (χ4v) is 3.25. The van der Waals surface area contributed by atoms with Crippen molar-refractivity contribution in [1.82, 2.24) is 9.47 Å². The zero-order valence-corrected chi connectivity index (χ0v) is 13.0. The molecule has 6 heteroatoms. The average molecular weight is 330 g/mol. The first-order chi connectivity index (χ1) is 11.6. The Balaban J connectivity index is 1.78. The molecule has 1 aliphatic heterocycles. The number of benzene rings is 1. The summed E-state index contributed by atoms with van der Waals surface area (Å²) >= 11 is 0. The molecule has 3 heterocycles. The molecule has 4 nitrogen and oxygen atoms in total. The van der Waals surface area contributed by atoms with Gasteiger partial charge < -0.3 is 13.9 Å². The zero-order chi connectivity index (χ0) is 16.7. The molecule has 0 bridgehead atoms. The first-order valence-electron chi connectivity index (χ1n) is 7.94. The molecule has 1 amide bonds. The van der Waals surface area contributed by atoms with Crippen LogP contribution in [0.3, 0.4) is 0 Å². The van der Waals surface area contributed by atoms with Crippen LogP contribution in [0.15, 0.2) is 41.0 Å². The molecule has 124 valence electrons. The Labute approximate surface area is 137 Å². The highest BCUT2D eigenvalue weighted by Crippen LogP contribution is 2.25. The van der Waals surface area contributed by atoms with E-state index in [2.05, 4.69) is 0 Å². The molecule has 1 fully saturated rings. The quantitative estimate of drug-likeness (QED) is 0.733. The van der Waals surface area contributed by atoms with Crippen molar-refractivity contribution < 1.29 is 18.0 Å². The molecule has 3 aromatic rings. The number of halogens is 2. The molecule has 24 heavy (non-hydrogen) atoms. The molecule has 0 N–H and O–H groups in total. The van der Waals surface area contributed by atoms with E-state index in [0.29, 0.717) is 16.8 Å². The van der Waals surface area contributed by atoms with Crippen LogP contribution in [0.25, 0.3) is 11.1 Å². The van der Waals surface area contributed by atoms with Crippen LogP contribution in [0, 0.1) is 11.6 Å². The maximum absolute atomic E-state index is 14.0. The number of hydrogen-bond donors (Lipinski definition) is 0. The molecule has 0 unspecified atom stereocenters. The van der Waals surface area contributed by atoms with E-state index in [1.165, 1.54) is 18.4 Å². The van der Waals surface area contributed by atoms with Crippen LogP contribution in [-0.4, -0.2) is 28.5 Å². The minimum atomic E-state index is -0.893. The summed E-state index contributed by atoms with van der Waals surface area (Å²) in [5.41, 5.74) is 1.90. The molecule has 1 saturated heterocycles. The molecule has 0 saturated carbocycles. The van der Waals surface area contributed by atoms with Crippen molar-refractivity contribution in [3.63, 3.8) is 0 Å². The third-order valence-corrected chi connectivity index (χ3v) is 4.50. The molecule has 0 atom stereocenters. The van der Waals surface area contributed by atoms with Gasteiger partial charge in [-0.15, -0.1) is 0 Å². The monoisotopic (exact) mass is 330 g/mol. The van der Waals surface area contributed by atoms with E-state index >= 15 is 0 Å². The van der Waals surface area contributed by atoms with Gasteiger partial charge in [0.25, 0.3) is 5.91 Å². The SMILES string of the molecule is O=C(c1cc2occc2n1Cc1cccc(F)c1F)N1CCCC1. The summed E-state index contributed by atoms with van der Waals surface area (Å²) in [4.78, 5) is 14.6. The molecule has 1 aliphatic rings. The van der Waals surface area contributed by atoms with Gasteiger partial charge >= 0.3 is 0 Å². The van der Waals surface area contributed by atoms with Crippen molar-refractivity contribution in [2.24, 2.45) is 0 Å². The highest BCUT2D eigenvalue weighted by molar-refractivity contribution is 5.97. The van der Waals surface area contributed by atoms with E-state index in [1.54, 1.807) is 21.6 Å². The Morgan fingerprint density at radius 1 is 1.17 bits per heavy atom. The predicted molar refractivity (Wildman–Crippen MR) is 84.8 cm³/mol. The number of amides is 1. The van der Waals surface area contributed by atoms with Crippen molar-refractivity contribution in [2.75, 3.05) is 13.1 Å². The maximum Gasteiger partial charge on any atom is 0.270 e. The number of nitrogens with zero attached hydrogens (tertiary/aromatic N) is 2. The summed E-state index contributed by atoms with van der Waals surface area (Å²) in [5.74, 6) is -1.88. The molecule has 0 aliphatic carbocycles. The van der Waals surface area contributed by atoms with Crippen LogP contribution in [0.2, 0.25) is 0 Å². The smallest absolute Gasteiger partial charge is 0.270 e. The number of rotatable bonds is 3. The van der Waals surface area contributed by atoms with Gasteiger partial charge in [-0.05, 0) is 18.9 Å². The van der Waals surface area contributed by atoms with Crippen LogP contribution in [0.4, 0.5) is 8.78 Å². The number of furan rings is 1. The van der Waals surface area contributed by atoms with E-state index in [0.717, 1.165) is 32.0 Å². The number of carbonyl (C=O) groups is 1. The van der Waals surface area contributed by atoms with Crippen LogP contribution in [0.5, 0.6) is 0 Å². The molecular weight excluding hydrogens is 314 g/mol. The van der Waals surface area contributed by atoms with Crippen molar-refractivity contribution in [3.8, 4) is 0 Å². The third-order valence-electron chi connectivity index (χ3n) is 4.50. The summed E-state index contributed by atoms with van der Waals surface area (Å²) in [7, 11) is 0. The van der Waals surface area contributed by atoms with Crippen LogP contribution >= 0.6 is 0 Å². The lowest BCUT2D eigenvalue weighted by atomic mass is 10.2. The van der Waals surface area contributed by atoms with Crippen LogP contribution < -0.4 is 0 Å². The van der Waals surface area contributed by atoms with Crippen molar-refractivity contribution in [3.05, 3.63) is 59.5 Å². The van der Waals surface area contributed by atoms with Crippen molar-refractivity contribution in [2.45, 2.75) is 19.4 Å². The summed E-state index contributed by atoms with van der Waals surface area (Å²) in [6.07, 6.45) is 3.50.